The summed E-state index contributed by atoms with van der Waals surface area (Å²) in [6.45, 7) is 3.41. The van der Waals surface area contributed by atoms with Gasteiger partial charge in [0.1, 0.15) is 12.2 Å². The maximum Gasteiger partial charge on any atom is 0.446 e. The lowest BCUT2D eigenvalue weighted by Crippen LogP contribution is -2.38. The van der Waals surface area contributed by atoms with E-state index in [1.807, 2.05) is 0 Å². The summed E-state index contributed by atoms with van der Waals surface area (Å²) in [5.74, 6) is -0.344. The normalized spacial score (nSPS) is 11.7. The van der Waals surface area contributed by atoms with Gasteiger partial charge in [-0.1, -0.05) is 12.1 Å². The van der Waals surface area contributed by atoms with Crippen molar-refractivity contribution >= 4 is 33.9 Å². The van der Waals surface area contributed by atoms with Crippen molar-refractivity contribution < 1.29 is 36.0 Å². The predicted molar refractivity (Wildman–Crippen MR) is 129 cm³/mol. The van der Waals surface area contributed by atoms with E-state index in [0.29, 0.717) is 5.69 Å². The summed E-state index contributed by atoms with van der Waals surface area (Å²) in [4.78, 5) is 42.3. The first kappa shape index (κ1) is 31.1. The van der Waals surface area contributed by atoms with Crippen molar-refractivity contribution in [2.45, 2.75) is 31.5 Å². The molecule has 0 saturated carbocycles. The maximum atomic E-state index is 12.8. The number of aliphatic imine (C=N–C) groups is 1. The largest absolute Gasteiger partial charge is 0.446 e. The highest BCUT2D eigenvalue weighted by Gasteiger charge is 2.25. The molecule has 0 atom stereocenters. The fourth-order valence-electron chi connectivity index (χ4n) is 2.54. The molecule has 204 valence electrons. The second kappa shape index (κ2) is 14.0. The standard InChI is InChI=1S/C19H26N6O5S.C2HF3O/c1-13-5-4-6-15(11-13)31(28,29)24-16-8-7-14(2)25(18(16)27)12-17(26)22-9-10-30-23-19(20)21-3;3-2(4,5)1-6/h4-8,11,24H,9-10,12H2,1-3H3,(H,22,26)(H3,20,21,23);1H. The van der Waals surface area contributed by atoms with Crippen LogP contribution in [0.5, 0.6) is 0 Å². The second-order valence-electron chi connectivity index (χ2n) is 7.27. The molecule has 2 aromatic rings. The molecular formula is C21H27F3N6O6S. The van der Waals surface area contributed by atoms with Crippen LogP contribution in [-0.2, 0) is 31.0 Å². The van der Waals surface area contributed by atoms with Crippen molar-refractivity contribution in [3.63, 3.8) is 0 Å². The first-order valence-electron chi connectivity index (χ1n) is 10.4. The Balaban J connectivity index is 0.00000102. The van der Waals surface area contributed by atoms with Crippen molar-refractivity contribution in [2.75, 3.05) is 24.9 Å². The smallest absolute Gasteiger partial charge is 0.368 e. The molecule has 0 spiro atoms. The Morgan fingerprint density at radius 2 is 1.86 bits per heavy atom. The van der Waals surface area contributed by atoms with Gasteiger partial charge in [0.25, 0.3) is 15.6 Å². The van der Waals surface area contributed by atoms with Gasteiger partial charge in [-0.05, 0) is 43.7 Å². The van der Waals surface area contributed by atoms with E-state index in [1.165, 1.54) is 29.8 Å². The second-order valence-corrected chi connectivity index (χ2v) is 8.95. The van der Waals surface area contributed by atoms with E-state index in [0.717, 1.165) is 5.56 Å². The summed E-state index contributed by atoms with van der Waals surface area (Å²) < 4.78 is 60.0. The van der Waals surface area contributed by atoms with E-state index in [4.69, 9.17) is 15.4 Å². The fourth-order valence-corrected chi connectivity index (χ4v) is 3.70. The number of aldehydes is 1. The van der Waals surface area contributed by atoms with Crippen molar-refractivity contribution in [1.82, 2.24) is 15.4 Å². The van der Waals surface area contributed by atoms with Crippen molar-refractivity contribution in [3.8, 4) is 0 Å². The summed E-state index contributed by atoms with van der Waals surface area (Å²) >= 11 is 0. The number of alkyl halides is 3. The van der Waals surface area contributed by atoms with Crippen LogP contribution in [0.15, 0.2) is 51.1 Å². The van der Waals surface area contributed by atoms with Crippen LogP contribution in [0.3, 0.4) is 0 Å². The molecule has 1 aromatic carbocycles. The molecule has 0 aliphatic heterocycles. The predicted octanol–water partition coefficient (Wildman–Crippen LogP) is 0.595. The number of pyridine rings is 1. The number of guanidine groups is 1. The van der Waals surface area contributed by atoms with E-state index in [2.05, 4.69) is 20.5 Å². The monoisotopic (exact) mass is 548 g/mol. The van der Waals surface area contributed by atoms with Crippen LogP contribution in [0, 0.1) is 13.8 Å². The third-order valence-electron chi connectivity index (χ3n) is 4.32. The molecule has 0 fully saturated rings. The van der Waals surface area contributed by atoms with E-state index >= 15 is 0 Å². The van der Waals surface area contributed by atoms with Gasteiger partial charge in [-0.15, -0.1) is 0 Å². The number of benzene rings is 1. The van der Waals surface area contributed by atoms with Crippen molar-refractivity contribution in [1.29, 1.82) is 0 Å². The van der Waals surface area contributed by atoms with E-state index in [-0.39, 0.29) is 36.2 Å². The number of carbonyl (C=O) groups excluding carboxylic acids is 2. The average molecular weight is 549 g/mol. The molecule has 0 radical (unpaired) electrons. The molecule has 12 nitrogen and oxygen atoms in total. The van der Waals surface area contributed by atoms with Crippen molar-refractivity contribution in [3.05, 3.63) is 58.0 Å². The number of hydrogen-bond acceptors (Lipinski definition) is 7. The number of aryl methyl sites for hydroxylation is 2. The van der Waals surface area contributed by atoms with Crippen LogP contribution < -0.4 is 26.8 Å². The van der Waals surface area contributed by atoms with Crippen LogP contribution in [0.4, 0.5) is 18.9 Å². The van der Waals surface area contributed by atoms with Gasteiger partial charge in [-0.3, -0.25) is 28.9 Å². The summed E-state index contributed by atoms with van der Waals surface area (Å²) in [6.07, 6.45) is -5.70. The highest BCUT2D eigenvalue weighted by molar-refractivity contribution is 7.92. The minimum absolute atomic E-state index is 0.0409. The molecule has 0 unspecified atom stereocenters. The summed E-state index contributed by atoms with van der Waals surface area (Å²) in [6, 6.07) is 9.25. The lowest BCUT2D eigenvalue weighted by atomic mass is 10.2. The zero-order valence-electron chi connectivity index (χ0n) is 20.1. The first-order chi connectivity index (χ1) is 17.2. The molecule has 1 heterocycles. The molecule has 1 amide bonds. The summed E-state index contributed by atoms with van der Waals surface area (Å²) in [7, 11) is -2.46. The highest BCUT2D eigenvalue weighted by Crippen LogP contribution is 2.15. The zero-order chi connectivity index (χ0) is 28.2. The molecule has 1 aromatic heterocycles. The zero-order valence-corrected chi connectivity index (χ0v) is 20.9. The number of nitrogens with one attached hydrogen (secondary N) is 3. The number of carbonyl (C=O) groups is 2. The topological polar surface area (TPSA) is 174 Å². The summed E-state index contributed by atoms with van der Waals surface area (Å²) in [5, 5.41) is 2.59. The van der Waals surface area contributed by atoms with E-state index < -0.39 is 34.0 Å². The number of nitrogens with zero attached hydrogens (tertiary/aromatic N) is 2. The van der Waals surface area contributed by atoms with Gasteiger partial charge >= 0.3 is 6.18 Å². The van der Waals surface area contributed by atoms with Crippen molar-refractivity contribution in [2.24, 2.45) is 10.7 Å². The number of nitrogens with two attached hydrogens (primary N) is 1. The molecular weight excluding hydrogens is 521 g/mol. The number of rotatable bonds is 9. The van der Waals surface area contributed by atoms with E-state index in [9.17, 15) is 31.2 Å². The molecule has 37 heavy (non-hydrogen) atoms. The molecule has 0 aliphatic carbocycles. The number of sulfonamides is 1. The maximum absolute atomic E-state index is 12.8. The minimum Gasteiger partial charge on any atom is -0.368 e. The van der Waals surface area contributed by atoms with Gasteiger partial charge in [0, 0.05) is 19.3 Å². The summed E-state index contributed by atoms with van der Waals surface area (Å²) in [5.41, 5.74) is 8.26. The Kier molecular flexibility index (Phi) is 11.8. The Labute approximate surface area is 210 Å². The Morgan fingerprint density at radius 1 is 1.22 bits per heavy atom. The molecule has 0 bridgehead atoms. The Hall–Kier alpha value is -3.92. The Morgan fingerprint density at radius 3 is 2.43 bits per heavy atom. The van der Waals surface area contributed by atoms with Gasteiger partial charge in [0.15, 0.2) is 0 Å². The molecule has 5 N–H and O–H groups in total. The van der Waals surface area contributed by atoms with Gasteiger partial charge in [0.2, 0.25) is 18.2 Å². The Bertz CT molecular complexity index is 1280. The lowest BCUT2D eigenvalue weighted by Gasteiger charge is -2.14. The molecule has 0 saturated heterocycles. The number of hydrogen-bond donors (Lipinski definition) is 4. The van der Waals surface area contributed by atoms with Gasteiger partial charge in [-0.2, -0.15) is 13.2 Å². The third kappa shape index (κ3) is 11.1. The average Bonchev–Trinajstić information content (AvgIpc) is 2.83. The van der Waals surface area contributed by atoms with Crippen LogP contribution in [0.2, 0.25) is 0 Å². The van der Waals surface area contributed by atoms with Gasteiger partial charge in [0.05, 0.1) is 11.5 Å². The number of amides is 1. The van der Waals surface area contributed by atoms with Crippen LogP contribution >= 0.6 is 0 Å². The quantitative estimate of drug-likeness (QED) is 0.116. The number of hydroxylamine groups is 1. The first-order valence-corrected chi connectivity index (χ1v) is 11.9. The van der Waals surface area contributed by atoms with Crippen LogP contribution in [-0.4, -0.2) is 57.5 Å². The molecule has 0 aliphatic rings. The third-order valence-corrected chi connectivity index (χ3v) is 5.68. The number of halogens is 3. The SMILES string of the molecule is CN=C(N)NOCCNC(=O)Cn1c(C)ccc(NS(=O)(=O)c2cccc(C)c2)c1=O.O=CC(F)(F)F. The van der Waals surface area contributed by atoms with Gasteiger partial charge in [-0.25, -0.2) is 13.9 Å². The molecule has 16 heteroatoms. The van der Waals surface area contributed by atoms with Gasteiger partial charge < -0.3 is 15.6 Å². The highest BCUT2D eigenvalue weighted by atomic mass is 32.2. The number of anilines is 1. The van der Waals surface area contributed by atoms with E-state index in [1.54, 1.807) is 32.0 Å². The number of aromatic nitrogens is 1. The minimum atomic E-state index is -4.64. The lowest BCUT2D eigenvalue weighted by molar-refractivity contribution is -0.156. The van der Waals surface area contributed by atoms with Crippen LogP contribution in [0.1, 0.15) is 11.3 Å². The fraction of sp³-hybridized carbons (Fsp3) is 0.333. The molecule has 2 rings (SSSR count). The van der Waals surface area contributed by atoms with Crippen LogP contribution in [0.25, 0.3) is 0 Å².